The molecule has 0 aromatic carbocycles. The van der Waals surface area contributed by atoms with Gasteiger partial charge in [0, 0.05) is 5.57 Å². The zero-order chi connectivity index (χ0) is 9.56. The Morgan fingerprint density at radius 2 is 2.08 bits per heavy atom. The van der Waals surface area contributed by atoms with Crippen molar-refractivity contribution in [3.8, 4) is 0 Å². The van der Waals surface area contributed by atoms with E-state index in [1.165, 1.54) is 0 Å². The van der Waals surface area contributed by atoms with Crippen molar-refractivity contribution in [2.45, 2.75) is 27.2 Å². The molecule has 0 rings (SSSR count). The molecule has 12 heavy (non-hydrogen) atoms. The maximum Gasteiger partial charge on any atom is 0.248 e. The van der Waals surface area contributed by atoms with Crippen LogP contribution in [0.4, 0.5) is 0 Å². The van der Waals surface area contributed by atoms with Gasteiger partial charge in [0.25, 0.3) is 0 Å². The molecule has 0 N–H and O–H groups in total. The minimum atomic E-state index is -0.385. The number of hydrogen-bond acceptors (Lipinski definition) is 1. The summed E-state index contributed by atoms with van der Waals surface area (Å²) >= 11 is 5.23. The average Bonchev–Trinajstić information content (AvgIpc) is 1.97. The van der Waals surface area contributed by atoms with Crippen molar-refractivity contribution < 1.29 is 4.79 Å². The van der Waals surface area contributed by atoms with E-state index in [9.17, 15) is 4.79 Å². The predicted molar refractivity (Wildman–Crippen MR) is 53.2 cm³/mol. The molecule has 0 saturated heterocycles. The molecule has 0 radical (unpaired) electrons. The molecule has 0 aliphatic heterocycles. The van der Waals surface area contributed by atoms with Gasteiger partial charge < -0.3 is 0 Å². The smallest absolute Gasteiger partial charge is 0.248 e. The second-order valence-corrected chi connectivity index (χ2v) is 3.52. The number of rotatable bonds is 4. The number of carbonyl (C=O) groups excluding carboxylic acids is 1. The topological polar surface area (TPSA) is 17.1 Å². The van der Waals surface area contributed by atoms with Crippen LogP contribution in [0.25, 0.3) is 0 Å². The summed E-state index contributed by atoms with van der Waals surface area (Å²) in [6, 6.07) is 0. The fourth-order valence-corrected chi connectivity index (χ4v) is 0.692. The Kier molecular flexibility index (Phi) is 5.73. The summed E-state index contributed by atoms with van der Waals surface area (Å²) in [7, 11) is 0. The lowest BCUT2D eigenvalue weighted by Gasteiger charge is -1.95. The second-order valence-electron chi connectivity index (χ2n) is 3.18. The van der Waals surface area contributed by atoms with Crippen molar-refractivity contribution in [2.24, 2.45) is 5.92 Å². The zero-order valence-electron chi connectivity index (χ0n) is 7.80. The van der Waals surface area contributed by atoms with E-state index in [0.717, 1.165) is 6.42 Å². The van der Waals surface area contributed by atoms with Gasteiger partial charge in [-0.1, -0.05) is 32.1 Å². The van der Waals surface area contributed by atoms with Crippen LogP contribution in [0, 0.1) is 5.92 Å². The first-order chi connectivity index (χ1) is 5.54. The van der Waals surface area contributed by atoms with E-state index in [0.29, 0.717) is 11.5 Å². The molecule has 0 atom stereocenters. The quantitative estimate of drug-likeness (QED) is 0.374. The summed E-state index contributed by atoms with van der Waals surface area (Å²) in [5.41, 5.74) is 0.580. The van der Waals surface area contributed by atoms with E-state index >= 15 is 0 Å². The Morgan fingerprint density at radius 1 is 1.50 bits per heavy atom. The van der Waals surface area contributed by atoms with Crippen LogP contribution in [-0.4, -0.2) is 5.24 Å². The molecule has 0 aromatic heterocycles. The predicted octanol–water partition coefficient (Wildman–Crippen LogP) is 3.30. The number of halogens is 1. The molecule has 1 nitrogen and oxygen atoms in total. The van der Waals surface area contributed by atoms with E-state index in [1.807, 2.05) is 12.2 Å². The second kappa shape index (κ2) is 6.01. The Hall–Kier alpha value is -0.560. The monoisotopic (exact) mass is 186 g/mol. The maximum absolute atomic E-state index is 10.5. The van der Waals surface area contributed by atoms with Crippen LogP contribution in [0.3, 0.4) is 0 Å². The molecule has 0 aromatic rings. The van der Waals surface area contributed by atoms with Gasteiger partial charge in [0.05, 0.1) is 0 Å². The van der Waals surface area contributed by atoms with E-state index in [1.54, 1.807) is 13.0 Å². The third-order valence-electron chi connectivity index (χ3n) is 1.40. The van der Waals surface area contributed by atoms with Crippen LogP contribution in [0.2, 0.25) is 0 Å². The Bertz CT molecular complexity index is 202. The van der Waals surface area contributed by atoms with Crippen LogP contribution in [0.5, 0.6) is 0 Å². The van der Waals surface area contributed by atoms with Gasteiger partial charge in [-0.3, -0.25) is 4.79 Å². The average molecular weight is 187 g/mol. The van der Waals surface area contributed by atoms with Crippen molar-refractivity contribution in [3.05, 3.63) is 23.8 Å². The van der Waals surface area contributed by atoms with Crippen molar-refractivity contribution in [1.29, 1.82) is 0 Å². The standard InChI is InChI=1S/C10H15ClO/c1-8(2)6-4-5-7-9(3)10(11)12/h4-5,7-8H,6H2,1-3H3/b5-4+,9-7+. The van der Waals surface area contributed by atoms with Crippen molar-refractivity contribution in [2.75, 3.05) is 0 Å². The van der Waals surface area contributed by atoms with Crippen molar-refractivity contribution in [1.82, 2.24) is 0 Å². The normalized spacial score (nSPS) is 12.9. The van der Waals surface area contributed by atoms with Gasteiger partial charge in [-0.15, -0.1) is 0 Å². The number of allylic oxidation sites excluding steroid dienone is 4. The van der Waals surface area contributed by atoms with Crippen molar-refractivity contribution in [3.63, 3.8) is 0 Å². The molecule has 0 saturated carbocycles. The highest BCUT2D eigenvalue weighted by Gasteiger charge is 1.94. The van der Waals surface area contributed by atoms with E-state index in [4.69, 9.17) is 11.6 Å². The Labute approximate surface area is 79.1 Å². The van der Waals surface area contributed by atoms with Gasteiger partial charge in [-0.25, -0.2) is 0 Å². The molecular formula is C10H15ClO. The summed E-state index contributed by atoms with van der Waals surface area (Å²) in [6.45, 7) is 6.00. The first-order valence-electron chi connectivity index (χ1n) is 4.07. The summed E-state index contributed by atoms with van der Waals surface area (Å²) in [6.07, 6.45) is 6.67. The van der Waals surface area contributed by atoms with Gasteiger partial charge >= 0.3 is 0 Å². The highest BCUT2D eigenvalue weighted by atomic mass is 35.5. The Balaban J connectivity index is 3.87. The summed E-state index contributed by atoms with van der Waals surface area (Å²) in [5, 5.41) is -0.385. The molecular weight excluding hydrogens is 172 g/mol. The van der Waals surface area contributed by atoms with Gasteiger partial charge in [0.15, 0.2) is 0 Å². The fourth-order valence-electron chi connectivity index (χ4n) is 0.629. The lowest BCUT2D eigenvalue weighted by Crippen LogP contribution is -1.85. The molecule has 0 aliphatic rings. The first-order valence-corrected chi connectivity index (χ1v) is 4.45. The van der Waals surface area contributed by atoms with Crippen LogP contribution in [0.1, 0.15) is 27.2 Å². The molecule has 0 unspecified atom stereocenters. The molecule has 68 valence electrons. The molecule has 0 bridgehead atoms. The maximum atomic E-state index is 10.5. The number of hydrogen-bond donors (Lipinski definition) is 0. The van der Waals surface area contributed by atoms with Crippen LogP contribution in [-0.2, 0) is 4.79 Å². The van der Waals surface area contributed by atoms with Gasteiger partial charge in [0.2, 0.25) is 5.24 Å². The third kappa shape index (κ3) is 6.17. The molecule has 0 fully saturated rings. The van der Waals surface area contributed by atoms with Crippen LogP contribution in [0.15, 0.2) is 23.8 Å². The fraction of sp³-hybridized carbons (Fsp3) is 0.500. The Morgan fingerprint density at radius 3 is 2.50 bits per heavy atom. The van der Waals surface area contributed by atoms with Gasteiger partial charge in [-0.2, -0.15) is 0 Å². The van der Waals surface area contributed by atoms with Crippen LogP contribution >= 0.6 is 11.6 Å². The number of carbonyl (C=O) groups is 1. The first kappa shape index (κ1) is 11.4. The summed E-state index contributed by atoms with van der Waals surface area (Å²) in [4.78, 5) is 10.5. The van der Waals surface area contributed by atoms with E-state index in [2.05, 4.69) is 13.8 Å². The van der Waals surface area contributed by atoms with Gasteiger partial charge in [0.1, 0.15) is 0 Å². The van der Waals surface area contributed by atoms with Gasteiger partial charge in [-0.05, 0) is 30.9 Å². The van der Waals surface area contributed by atoms with E-state index in [-0.39, 0.29) is 5.24 Å². The minimum absolute atomic E-state index is 0.385. The molecule has 0 heterocycles. The van der Waals surface area contributed by atoms with E-state index < -0.39 is 0 Å². The lowest BCUT2D eigenvalue weighted by atomic mass is 10.1. The zero-order valence-corrected chi connectivity index (χ0v) is 8.56. The lowest BCUT2D eigenvalue weighted by molar-refractivity contribution is -0.108. The highest BCUT2D eigenvalue weighted by Crippen LogP contribution is 2.02. The third-order valence-corrected chi connectivity index (χ3v) is 1.70. The highest BCUT2D eigenvalue weighted by molar-refractivity contribution is 6.67. The minimum Gasteiger partial charge on any atom is -0.276 e. The largest absolute Gasteiger partial charge is 0.276 e. The molecule has 0 spiro atoms. The molecule has 0 amide bonds. The summed E-state index contributed by atoms with van der Waals surface area (Å²) in [5.74, 6) is 0.654. The molecule has 2 heteroatoms. The SMILES string of the molecule is C/C(=C\C=C\CC(C)C)C(=O)Cl. The van der Waals surface area contributed by atoms with Crippen LogP contribution < -0.4 is 0 Å². The summed E-state index contributed by atoms with van der Waals surface area (Å²) < 4.78 is 0. The molecule has 0 aliphatic carbocycles. The van der Waals surface area contributed by atoms with Crippen molar-refractivity contribution >= 4 is 16.8 Å².